The lowest BCUT2D eigenvalue weighted by Crippen LogP contribution is -2.69. The Balaban J connectivity index is 0.891. The van der Waals surface area contributed by atoms with Gasteiger partial charge in [-0.1, -0.05) is 65.3 Å². The number of fused-ring (bicyclic) bond motifs is 7. The molecule has 0 amide bonds. The zero-order valence-corrected chi connectivity index (χ0v) is 58.8. The van der Waals surface area contributed by atoms with Crippen LogP contribution in [0.2, 0.25) is 0 Å². The number of hydrogen-bond acceptors (Lipinski definition) is 30. The molecule has 5 aliphatic carbocycles. The molecule has 0 spiro atoms. The lowest BCUT2D eigenvalue weighted by molar-refractivity contribution is -0.391. The van der Waals surface area contributed by atoms with Crippen molar-refractivity contribution in [2.24, 2.45) is 50.2 Å². The lowest BCUT2D eigenvalue weighted by atomic mass is 9.33. The first-order chi connectivity index (χ1) is 47.9. The highest BCUT2D eigenvalue weighted by molar-refractivity contribution is 5.87. The molecule has 1 aromatic rings. The van der Waals surface area contributed by atoms with Gasteiger partial charge in [-0.25, -0.2) is 9.59 Å². The summed E-state index contributed by atoms with van der Waals surface area (Å²) >= 11 is 0. The van der Waals surface area contributed by atoms with E-state index >= 15 is 4.79 Å². The maximum atomic E-state index is 16.0. The molecular weight excluding hydrogens is 1350 g/mol. The minimum absolute atomic E-state index is 0.0483. The van der Waals surface area contributed by atoms with Gasteiger partial charge in [-0.15, -0.1) is 0 Å². The van der Waals surface area contributed by atoms with Crippen LogP contribution in [0.4, 0.5) is 0 Å². The van der Waals surface area contributed by atoms with Crippen LogP contribution >= 0.6 is 0 Å². The van der Waals surface area contributed by atoms with E-state index in [1.807, 2.05) is 0 Å². The Morgan fingerprint density at radius 2 is 1.24 bits per heavy atom. The molecule has 572 valence electrons. The van der Waals surface area contributed by atoms with Crippen LogP contribution in [-0.2, 0) is 80.8 Å². The van der Waals surface area contributed by atoms with Gasteiger partial charge in [-0.2, -0.15) is 0 Å². The molecule has 31 nitrogen and oxygen atoms in total. The zero-order valence-electron chi connectivity index (χ0n) is 58.8. The molecule has 0 radical (unpaired) electrons. The lowest BCUT2D eigenvalue weighted by Gasteiger charge is -2.71. The monoisotopic (exact) mass is 1450 g/mol. The summed E-state index contributed by atoms with van der Waals surface area (Å²) in [5, 5.41) is 144. The number of carboxylic acids is 1. The largest absolute Gasteiger partial charge is 0.497 e. The fraction of sp³-hybridized carbons (Fsp3) is 0.789. The van der Waals surface area contributed by atoms with Crippen molar-refractivity contribution in [2.45, 2.75) is 280 Å². The van der Waals surface area contributed by atoms with Gasteiger partial charge in [0.05, 0.1) is 50.2 Å². The highest BCUT2D eigenvalue weighted by Gasteiger charge is 2.73. The summed E-state index contributed by atoms with van der Waals surface area (Å²) in [6, 6.07) is 6.78. The van der Waals surface area contributed by atoms with Crippen molar-refractivity contribution in [3.63, 3.8) is 0 Å². The number of aldehydes is 1. The molecule has 1 unspecified atom stereocenters. The van der Waals surface area contributed by atoms with Gasteiger partial charge in [0, 0.05) is 13.0 Å². The van der Waals surface area contributed by atoms with Crippen LogP contribution in [0.25, 0.3) is 6.08 Å². The van der Waals surface area contributed by atoms with Crippen molar-refractivity contribution in [1.82, 2.24) is 0 Å². The van der Waals surface area contributed by atoms with Crippen molar-refractivity contribution < 1.29 is 152 Å². The molecule has 0 bridgehead atoms. The number of rotatable bonds is 18. The molecule has 4 saturated carbocycles. The smallest absolute Gasteiger partial charge is 0.335 e. The number of esters is 3. The number of carbonyl (C=O) groups excluding carboxylic acids is 4. The molecule has 102 heavy (non-hydrogen) atoms. The molecule has 1 aromatic carbocycles. The minimum atomic E-state index is -2.22. The molecule has 9 fully saturated rings. The second-order valence-corrected chi connectivity index (χ2v) is 31.5. The topological polar surface area (TPSA) is 468 Å². The van der Waals surface area contributed by atoms with Gasteiger partial charge in [0.1, 0.15) is 96.8 Å². The molecular formula is C71H102O31. The minimum Gasteiger partial charge on any atom is -0.497 e. The van der Waals surface area contributed by atoms with Crippen molar-refractivity contribution in [1.29, 1.82) is 0 Å². The highest BCUT2D eigenvalue weighted by Crippen LogP contribution is 2.76. The molecule has 31 heteroatoms. The summed E-state index contributed by atoms with van der Waals surface area (Å²) in [4.78, 5) is 70.2. The van der Waals surface area contributed by atoms with Crippen LogP contribution in [0.5, 0.6) is 5.75 Å². The van der Waals surface area contributed by atoms with E-state index in [0.29, 0.717) is 49.8 Å². The Hall–Kier alpha value is -4.79. The average molecular weight is 1450 g/mol. The molecule has 11 rings (SSSR count). The third-order valence-electron chi connectivity index (χ3n) is 25.1. The maximum Gasteiger partial charge on any atom is 0.335 e. The van der Waals surface area contributed by atoms with Crippen LogP contribution in [0.1, 0.15) is 126 Å². The summed E-state index contributed by atoms with van der Waals surface area (Å²) in [5.74, 6) is -5.21. The van der Waals surface area contributed by atoms with Gasteiger partial charge < -0.3 is 133 Å². The highest BCUT2D eigenvalue weighted by atomic mass is 16.8. The van der Waals surface area contributed by atoms with Crippen molar-refractivity contribution in [3.8, 4) is 5.75 Å². The van der Waals surface area contributed by atoms with Crippen LogP contribution < -0.4 is 4.74 Å². The Morgan fingerprint density at radius 3 is 1.87 bits per heavy atom. The number of ether oxygens (including phenoxy) is 13. The fourth-order valence-electron chi connectivity index (χ4n) is 19.0. The van der Waals surface area contributed by atoms with E-state index in [2.05, 4.69) is 40.7 Å². The molecule has 5 heterocycles. The second-order valence-electron chi connectivity index (χ2n) is 31.5. The van der Waals surface area contributed by atoms with E-state index in [-0.39, 0.29) is 25.2 Å². The van der Waals surface area contributed by atoms with Crippen LogP contribution in [0.15, 0.2) is 42.0 Å². The number of carboxylic acid groups (broad SMARTS) is 1. The van der Waals surface area contributed by atoms with Gasteiger partial charge in [-0.3, -0.25) is 9.59 Å². The van der Waals surface area contributed by atoms with E-state index in [4.69, 9.17) is 61.6 Å². The zero-order chi connectivity index (χ0) is 74.4. The summed E-state index contributed by atoms with van der Waals surface area (Å²) < 4.78 is 78.7. The molecule has 34 atom stereocenters. The molecule has 13 N–H and O–H groups in total. The Bertz CT molecular complexity index is 3240. The van der Waals surface area contributed by atoms with E-state index in [1.54, 1.807) is 31.2 Å². The predicted molar refractivity (Wildman–Crippen MR) is 344 cm³/mol. The van der Waals surface area contributed by atoms with Crippen molar-refractivity contribution >= 4 is 36.2 Å². The van der Waals surface area contributed by atoms with Gasteiger partial charge >= 0.3 is 23.9 Å². The fourth-order valence-corrected chi connectivity index (χ4v) is 19.0. The summed E-state index contributed by atoms with van der Waals surface area (Å²) in [6.45, 7) is 14.8. The number of aliphatic carboxylic acids is 1. The first-order valence-electron chi connectivity index (χ1n) is 35.2. The predicted octanol–water partition coefficient (Wildman–Crippen LogP) is -0.431. The number of benzene rings is 1. The third-order valence-corrected chi connectivity index (χ3v) is 25.1. The van der Waals surface area contributed by atoms with Gasteiger partial charge in [0.2, 0.25) is 6.29 Å². The maximum absolute atomic E-state index is 16.0. The average Bonchev–Trinajstić information content (AvgIpc) is 0.669. The molecule has 5 saturated heterocycles. The molecule has 5 aliphatic heterocycles. The first kappa shape index (κ1) is 78.3. The summed E-state index contributed by atoms with van der Waals surface area (Å²) in [7, 11) is 1.51. The van der Waals surface area contributed by atoms with Crippen LogP contribution in [0, 0.1) is 50.2 Å². The normalized spacial score (nSPS) is 48.5. The number of carbonyl (C=O) groups is 5. The number of aliphatic hydroxyl groups excluding tert-OH is 12. The summed E-state index contributed by atoms with van der Waals surface area (Å²) in [6.07, 6.45) is -37.4. The third kappa shape index (κ3) is 13.8. The van der Waals surface area contributed by atoms with E-state index in [0.717, 1.165) is 24.9 Å². The number of methoxy groups -OCH3 is 1. The van der Waals surface area contributed by atoms with Crippen molar-refractivity contribution in [2.75, 3.05) is 20.3 Å². The standard InChI is InChI=1S/C71H102O31/c1-30-44(78)47(81)50(84)61(92-30)101-58-56(94-32(3)74)53(97-43(77)18-13-33-11-14-34(90-10)15-12-33)31(2)93-63(58)102-65(89)71-24-23-66(4,5)25-36(71)35-16-17-40-67(6)21-20-42(68(7,29-73)39(67)19-22-69(40,8)70(35,9)26-41(71)76)96-64-57(100-62-51(85)48(82)46(80)38(27-72)95-62)54(52(86)55(99-64)59(87)88)98-60-49(83)45(79)37(75)28-91-60/h11-16,18,29-31,36-42,44-58,60-64,72,75-76,78-86H,17,19-28H2,1-10H3,(H,87,88)/t30-,31+,36?,37+,38+,39+,40+,41+,42-,44-,45-,46-,47+,48-,49+,50+,51+,52-,53-,54-,55-,56-,57+,58+,60-,61-,62-,63-,64+,67-,68-,69+,70+,71+/m0/s1. The molecule has 10 aliphatic rings. The quantitative estimate of drug-likeness (QED) is 0.0221. The number of allylic oxidation sites excluding steroid dienone is 2. The van der Waals surface area contributed by atoms with Gasteiger partial charge in [0.15, 0.2) is 49.6 Å². The van der Waals surface area contributed by atoms with E-state index in [9.17, 15) is 85.6 Å². The number of aliphatic hydroxyl groups is 12. The van der Waals surface area contributed by atoms with E-state index in [1.165, 1.54) is 27.0 Å². The van der Waals surface area contributed by atoms with E-state index < -0.39 is 241 Å². The van der Waals surface area contributed by atoms with Gasteiger partial charge in [-0.05, 0) is 135 Å². The second kappa shape index (κ2) is 29.8. The first-order valence-corrected chi connectivity index (χ1v) is 35.2. The van der Waals surface area contributed by atoms with Crippen LogP contribution in [0.3, 0.4) is 0 Å². The SMILES string of the molecule is COc1ccc(C=CC(=O)O[C@@H]2[C@H](OC(C)=O)[C@@H](O[C@@H]3O[C@@H](C)[C@H](O)[C@@H](O)[C@H]3O)[C@H](OC(=O)[C@]34CCC(C)(C)CC3C3=CC[C@@H]5[C@@]6(C)CC[C@H](O[C@@H]7O[C@H](C(=O)O)[C@@H](O)[C@H](O[C@@H]8OC[C@@H](O)[C@H](O)[C@H]8O)[C@H]7O[C@@H]7O[C@H](CO)[C@H](O)[C@H](O)[C@H]7O)[C@@](C)(C=O)[C@@H]6CC[C@@]5(C)[C@]3(C)C[C@H]4O)O[C@@H]2C)cc1. The Labute approximate surface area is 589 Å². The van der Waals surface area contributed by atoms with Crippen LogP contribution in [-0.4, -0.2) is 277 Å². The van der Waals surface area contributed by atoms with Gasteiger partial charge in [0.25, 0.3) is 0 Å². The Morgan fingerprint density at radius 1 is 0.608 bits per heavy atom. The Kier molecular flexibility index (Phi) is 22.8. The van der Waals surface area contributed by atoms with Crippen molar-refractivity contribution in [3.05, 3.63) is 47.6 Å². The summed E-state index contributed by atoms with van der Waals surface area (Å²) in [5.41, 5.74) is -4.17. The number of hydrogen-bond donors (Lipinski definition) is 13. The molecule has 0 aromatic heterocycles.